The van der Waals surface area contributed by atoms with Crippen molar-refractivity contribution in [1.82, 2.24) is 4.90 Å². The van der Waals surface area contributed by atoms with Crippen molar-refractivity contribution >= 4 is 24.2 Å². The molecule has 1 aliphatic rings. The summed E-state index contributed by atoms with van der Waals surface area (Å²) in [6.07, 6.45) is 3.82. The summed E-state index contributed by atoms with van der Waals surface area (Å²) in [5, 5.41) is 18.8. The van der Waals surface area contributed by atoms with Crippen molar-refractivity contribution in [2.45, 2.75) is 25.8 Å². The van der Waals surface area contributed by atoms with Crippen LogP contribution in [-0.2, 0) is 6.54 Å². The van der Waals surface area contributed by atoms with E-state index in [-0.39, 0.29) is 0 Å². The van der Waals surface area contributed by atoms with Crippen molar-refractivity contribution in [3.05, 3.63) is 28.8 Å². The van der Waals surface area contributed by atoms with Crippen molar-refractivity contribution in [2.24, 2.45) is 0 Å². The summed E-state index contributed by atoms with van der Waals surface area (Å²) in [4.78, 5) is 2.39. The summed E-state index contributed by atoms with van der Waals surface area (Å²) in [6, 6.07) is 5.46. The smallest absolute Gasteiger partial charge is 0.423 e. The van der Waals surface area contributed by atoms with E-state index in [0.29, 0.717) is 10.5 Å². The van der Waals surface area contributed by atoms with Gasteiger partial charge in [0.05, 0.1) is 0 Å². The molecule has 17 heavy (non-hydrogen) atoms. The van der Waals surface area contributed by atoms with Crippen molar-refractivity contribution in [3.8, 4) is 0 Å². The Balaban J connectivity index is 2.07. The highest BCUT2D eigenvalue weighted by Gasteiger charge is 2.17. The molecule has 3 nitrogen and oxygen atoms in total. The van der Waals surface area contributed by atoms with Crippen molar-refractivity contribution in [3.63, 3.8) is 0 Å². The normalized spacial score (nSPS) is 17.1. The fourth-order valence-corrected chi connectivity index (χ4v) is 2.48. The van der Waals surface area contributed by atoms with Gasteiger partial charge in [0.15, 0.2) is 0 Å². The van der Waals surface area contributed by atoms with Gasteiger partial charge in [0.1, 0.15) is 0 Å². The molecule has 1 heterocycles. The second-order valence-electron chi connectivity index (χ2n) is 4.57. The van der Waals surface area contributed by atoms with Gasteiger partial charge >= 0.3 is 7.12 Å². The number of nitrogens with zero attached hydrogens (tertiary/aromatic N) is 1. The van der Waals surface area contributed by atoms with Crippen LogP contribution in [0.4, 0.5) is 0 Å². The lowest BCUT2D eigenvalue weighted by Crippen LogP contribution is -2.33. The molecule has 2 rings (SSSR count). The van der Waals surface area contributed by atoms with E-state index in [1.807, 2.05) is 6.07 Å². The molecule has 92 valence electrons. The summed E-state index contributed by atoms with van der Waals surface area (Å²) in [7, 11) is -1.50. The third-order valence-electron chi connectivity index (χ3n) is 3.19. The Kier molecular flexibility index (Phi) is 4.45. The van der Waals surface area contributed by atoms with E-state index in [2.05, 4.69) is 4.90 Å². The molecule has 0 aromatic heterocycles. The largest absolute Gasteiger partial charge is 0.489 e. The zero-order valence-electron chi connectivity index (χ0n) is 9.77. The first-order valence-corrected chi connectivity index (χ1v) is 6.41. The van der Waals surface area contributed by atoms with Crippen LogP contribution < -0.4 is 5.46 Å². The third kappa shape index (κ3) is 3.46. The molecule has 0 unspecified atom stereocenters. The first kappa shape index (κ1) is 12.9. The lowest BCUT2D eigenvalue weighted by Gasteiger charge is -2.26. The summed E-state index contributed by atoms with van der Waals surface area (Å²) in [6.45, 7) is 3.11. The van der Waals surface area contributed by atoms with Gasteiger partial charge in [-0.15, -0.1) is 0 Å². The van der Waals surface area contributed by atoms with Crippen LogP contribution in [0.15, 0.2) is 18.2 Å². The summed E-state index contributed by atoms with van der Waals surface area (Å²) in [5.41, 5.74) is 1.47. The molecule has 1 saturated heterocycles. The zero-order valence-corrected chi connectivity index (χ0v) is 10.5. The van der Waals surface area contributed by atoms with Crippen molar-refractivity contribution in [2.75, 3.05) is 13.1 Å². The van der Waals surface area contributed by atoms with Crippen LogP contribution in [0.3, 0.4) is 0 Å². The maximum absolute atomic E-state index is 9.19. The van der Waals surface area contributed by atoms with Crippen LogP contribution >= 0.6 is 11.6 Å². The predicted molar refractivity (Wildman–Crippen MR) is 70.4 cm³/mol. The van der Waals surface area contributed by atoms with Crippen LogP contribution in [0.5, 0.6) is 0 Å². The second-order valence-corrected chi connectivity index (χ2v) is 4.97. The van der Waals surface area contributed by atoms with Gasteiger partial charge in [-0.25, -0.2) is 0 Å². The Morgan fingerprint density at radius 2 is 1.88 bits per heavy atom. The molecule has 1 aromatic rings. The molecule has 0 atom stereocenters. The Morgan fingerprint density at radius 1 is 1.18 bits per heavy atom. The molecule has 1 aromatic carbocycles. The Bertz CT molecular complexity index is 381. The monoisotopic (exact) mass is 253 g/mol. The molecule has 5 heteroatoms. The predicted octanol–water partition coefficient (Wildman–Crippen LogP) is 1.01. The quantitative estimate of drug-likeness (QED) is 0.790. The summed E-state index contributed by atoms with van der Waals surface area (Å²) in [5.74, 6) is 0. The maximum atomic E-state index is 9.19. The average Bonchev–Trinajstić information content (AvgIpc) is 2.32. The molecular formula is C12H17BClNO2. The number of hydrogen-bond acceptors (Lipinski definition) is 3. The lowest BCUT2D eigenvalue weighted by atomic mass is 9.79. The number of piperidine rings is 1. The highest BCUT2D eigenvalue weighted by Crippen LogP contribution is 2.14. The SMILES string of the molecule is OB(O)c1cc(CN2CCCCC2)ccc1Cl. The first-order chi connectivity index (χ1) is 8.16. The fraction of sp³-hybridized carbons (Fsp3) is 0.500. The second kappa shape index (κ2) is 5.87. The van der Waals surface area contributed by atoms with Gasteiger partial charge in [-0.05, 0) is 37.6 Å². The van der Waals surface area contributed by atoms with Crippen LogP contribution in [0, 0.1) is 0 Å². The molecule has 0 spiro atoms. The summed E-state index contributed by atoms with van der Waals surface area (Å²) >= 11 is 5.90. The van der Waals surface area contributed by atoms with Crippen LogP contribution in [0.25, 0.3) is 0 Å². The van der Waals surface area contributed by atoms with E-state index in [1.165, 1.54) is 19.3 Å². The Hall–Kier alpha value is -0.545. The van der Waals surface area contributed by atoms with E-state index in [0.717, 1.165) is 25.2 Å². The van der Waals surface area contributed by atoms with Gasteiger partial charge < -0.3 is 10.0 Å². The minimum atomic E-state index is -1.50. The van der Waals surface area contributed by atoms with Crippen molar-refractivity contribution < 1.29 is 10.0 Å². The highest BCUT2D eigenvalue weighted by molar-refractivity contribution is 6.62. The van der Waals surface area contributed by atoms with Gasteiger partial charge in [-0.2, -0.15) is 0 Å². The van der Waals surface area contributed by atoms with Gasteiger partial charge in [0.25, 0.3) is 0 Å². The minimum Gasteiger partial charge on any atom is -0.423 e. The minimum absolute atomic E-state index is 0.390. The number of likely N-dealkylation sites (tertiary alicyclic amines) is 1. The molecule has 0 aliphatic carbocycles. The topological polar surface area (TPSA) is 43.7 Å². The Labute approximate surface area is 107 Å². The number of rotatable bonds is 3. The van der Waals surface area contributed by atoms with Gasteiger partial charge in [0.2, 0.25) is 0 Å². The van der Waals surface area contributed by atoms with Crippen LogP contribution in [-0.4, -0.2) is 35.2 Å². The zero-order chi connectivity index (χ0) is 12.3. The molecule has 0 bridgehead atoms. The highest BCUT2D eigenvalue weighted by atomic mass is 35.5. The molecule has 1 fully saturated rings. The van der Waals surface area contributed by atoms with Crippen molar-refractivity contribution in [1.29, 1.82) is 0 Å². The van der Waals surface area contributed by atoms with Gasteiger partial charge in [-0.1, -0.05) is 30.2 Å². The van der Waals surface area contributed by atoms with E-state index >= 15 is 0 Å². The van der Waals surface area contributed by atoms with Crippen LogP contribution in [0.1, 0.15) is 24.8 Å². The average molecular weight is 254 g/mol. The number of benzene rings is 1. The molecule has 2 N–H and O–H groups in total. The molecule has 0 radical (unpaired) electrons. The van der Waals surface area contributed by atoms with E-state index in [9.17, 15) is 10.0 Å². The standard InChI is InChI=1S/C12H17BClNO2/c14-12-5-4-10(8-11(12)13(16)17)9-15-6-2-1-3-7-15/h4-5,8,16-17H,1-3,6-7,9H2. The maximum Gasteiger partial charge on any atom is 0.489 e. The van der Waals surface area contributed by atoms with Gasteiger partial charge in [-0.3, -0.25) is 4.90 Å². The number of hydrogen-bond donors (Lipinski definition) is 2. The Morgan fingerprint density at radius 3 is 2.53 bits per heavy atom. The lowest BCUT2D eigenvalue weighted by molar-refractivity contribution is 0.221. The van der Waals surface area contributed by atoms with E-state index in [4.69, 9.17) is 11.6 Å². The third-order valence-corrected chi connectivity index (χ3v) is 3.54. The molecule has 0 amide bonds. The molecular weight excluding hydrogens is 236 g/mol. The summed E-state index contributed by atoms with van der Waals surface area (Å²) < 4.78 is 0. The fourth-order valence-electron chi connectivity index (χ4n) is 2.27. The van der Waals surface area contributed by atoms with Crippen LogP contribution in [0.2, 0.25) is 5.02 Å². The number of halogens is 1. The van der Waals surface area contributed by atoms with E-state index in [1.54, 1.807) is 12.1 Å². The molecule has 0 saturated carbocycles. The van der Waals surface area contributed by atoms with Gasteiger partial charge in [0, 0.05) is 17.0 Å². The first-order valence-electron chi connectivity index (χ1n) is 6.03. The van der Waals surface area contributed by atoms with E-state index < -0.39 is 7.12 Å². The molecule has 1 aliphatic heterocycles.